The zero-order valence-electron chi connectivity index (χ0n) is 16.5. The van der Waals surface area contributed by atoms with Crippen LogP contribution in [0.3, 0.4) is 0 Å². The molecular weight excluding hydrogens is 386 g/mol. The van der Waals surface area contributed by atoms with E-state index in [9.17, 15) is 13.2 Å². The van der Waals surface area contributed by atoms with Crippen LogP contribution in [0.1, 0.15) is 22.3 Å². The van der Waals surface area contributed by atoms with Gasteiger partial charge in [-0.1, -0.05) is 23.8 Å². The van der Waals surface area contributed by atoms with Crippen molar-refractivity contribution >= 4 is 22.0 Å². The smallest absolute Gasteiger partial charge is 0.246 e. The lowest BCUT2D eigenvalue weighted by Crippen LogP contribution is -2.50. The molecule has 6 nitrogen and oxygen atoms in total. The zero-order chi connectivity index (χ0) is 21.0. The Kier molecular flexibility index (Phi) is 6.16. The molecule has 3 rings (SSSR count). The molecule has 0 aliphatic carbocycles. The molecule has 0 atom stereocenters. The highest BCUT2D eigenvalue weighted by atomic mass is 32.2. The molecule has 1 saturated heterocycles. The third kappa shape index (κ3) is 4.73. The second kappa shape index (κ2) is 8.60. The number of amides is 1. The number of carbonyl (C=O) groups excluding carboxylic acids is 1. The van der Waals surface area contributed by atoms with Gasteiger partial charge < -0.3 is 4.90 Å². The molecule has 0 unspecified atom stereocenters. The minimum atomic E-state index is -3.63. The van der Waals surface area contributed by atoms with Crippen LogP contribution >= 0.6 is 0 Å². The largest absolute Gasteiger partial charge is 0.337 e. The molecule has 1 amide bonds. The normalized spacial score (nSPS) is 15.4. The second-order valence-corrected chi connectivity index (χ2v) is 9.00. The summed E-state index contributed by atoms with van der Waals surface area (Å²) < 4.78 is 26.9. The van der Waals surface area contributed by atoms with Gasteiger partial charge in [0.1, 0.15) is 0 Å². The van der Waals surface area contributed by atoms with Crippen molar-refractivity contribution in [2.24, 2.45) is 0 Å². The molecule has 0 bridgehead atoms. The fourth-order valence-corrected chi connectivity index (χ4v) is 4.70. The second-order valence-electron chi connectivity index (χ2n) is 7.06. The molecule has 0 radical (unpaired) electrons. The quantitative estimate of drug-likeness (QED) is 0.727. The fraction of sp³-hybridized carbons (Fsp3) is 0.273. The molecule has 0 aromatic heterocycles. The predicted molar refractivity (Wildman–Crippen MR) is 111 cm³/mol. The van der Waals surface area contributed by atoms with Crippen LogP contribution in [-0.2, 0) is 14.8 Å². The lowest BCUT2D eigenvalue weighted by molar-refractivity contribution is -0.127. The molecule has 2 aromatic rings. The lowest BCUT2D eigenvalue weighted by Gasteiger charge is -2.33. The van der Waals surface area contributed by atoms with Gasteiger partial charge in [-0.2, -0.15) is 9.57 Å². The third-order valence-electron chi connectivity index (χ3n) is 5.00. The first-order valence-corrected chi connectivity index (χ1v) is 10.8. The van der Waals surface area contributed by atoms with Crippen molar-refractivity contribution < 1.29 is 13.2 Å². The van der Waals surface area contributed by atoms with Gasteiger partial charge in [-0.3, -0.25) is 4.79 Å². The van der Waals surface area contributed by atoms with Crippen LogP contribution in [0, 0.1) is 25.2 Å². The van der Waals surface area contributed by atoms with Crippen molar-refractivity contribution in [2.45, 2.75) is 18.7 Å². The summed E-state index contributed by atoms with van der Waals surface area (Å²) in [5.41, 5.74) is 3.68. The molecular formula is C22H23N3O3S. The Morgan fingerprint density at radius 3 is 2.28 bits per heavy atom. The summed E-state index contributed by atoms with van der Waals surface area (Å²) in [7, 11) is -3.63. The highest BCUT2D eigenvalue weighted by molar-refractivity contribution is 7.89. The van der Waals surface area contributed by atoms with E-state index in [1.54, 1.807) is 17.1 Å². The molecule has 0 saturated carbocycles. The van der Waals surface area contributed by atoms with E-state index in [0.29, 0.717) is 18.7 Å². The van der Waals surface area contributed by atoms with E-state index in [-0.39, 0.29) is 23.9 Å². The topological polar surface area (TPSA) is 81.5 Å². The zero-order valence-corrected chi connectivity index (χ0v) is 17.3. The Morgan fingerprint density at radius 2 is 1.69 bits per heavy atom. The number of carbonyl (C=O) groups is 1. The molecule has 7 heteroatoms. The first-order chi connectivity index (χ1) is 13.8. The van der Waals surface area contributed by atoms with Gasteiger partial charge in [0, 0.05) is 32.3 Å². The van der Waals surface area contributed by atoms with Crippen molar-refractivity contribution in [1.29, 1.82) is 5.26 Å². The number of nitriles is 1. The van der Waals surface area contributed by atoms with Crippen LogP contribution in [0.5, 0.6) is 0 Å². The first-order valence-electron chi connectivity index (χ1n) is 9.36. The average Bonchev–Trinajstić information content (AvgIpc) is 2.73. The Balaban J connectivity index is 1.62. The molecule has 1 aliphatic rings. The molecule has 0 spiro atoms. The SMILES string of the molecule is Cc1ccc(/C=C/C(=O)N2CCN(S(=O)(=O)c3ccc(C#N)cc3)CC2)c(C)c1. The van der Waals surface area contributed by atoms with Crippen LogP contribution < -0.4 is 0 Å². The van der Waals surface area contributed by atoms with Gasteiger partial charge in [-0.15, -0.1) is 0 Å². The number of rotatable bonds is 4. The van der Waals surface area contributed by atoms with Gasteiger partial charge in [-0.05, 0) is 55.3 Å². The minimum Gasteiger partial charge on any atom is -0.337 e. The van der Waals surface area contributed by atoms with Crippen molar-refractivity contribution in [3.63, 3.8) is 0 Å². The summed E-state index contributed by atoms with van der Waals surface area (Å²) in [4.78, 5) is 14.3. The third-order valence-corrected chi connectivity index (χ3v) is 6.92. The number of nitrogens with zero attached hydrogens (tertiary/aromatic N) is 3. The maximum absolute atomic E-state index is 12.8. The molecule has 1 fully saturated rings. The van der Waals surface area contributed by atoms with E-state index in [1.165, 1.54) is 34.1 Å². The number of piperazine rings is 1. The number of hydrogen-bond acceptors (Lipinski definition) is 4. The highest BCUT2D eigenvalue weighted by Gasteiger charge is 2.29. The summed E-state index contributed by atoms with van der Waals surface area (Å²) in [6.45, 7) is 5.19. The molecule has 1 heterocycles. The van der Waals surface area contributed by atoms with Gasteiger partial charge in [0.15, 0.2) is 0 Å². The van der Waals surface area contributed by atoms with Gasteiger partial charge in [0.05, 0.1) is 16.5 Å². The van der Waals surface area contributed by atoms with Crippen LogP contribution in [0.15, 0.2) is 53.4 Å². The molecule has 150 valence electrons. The summed E-state index contributed by atoms with van der Waals surface area (Å²) in [5.74, 6) is -0.125. The fourth-order valence-electron chi connectivity index (χ4n) is 3.28. The number of aryl methyl sites for hydroxylation is 2. The minimum absolute atomic E-state index is 0.125. The maximum Gasteiger partial charge on any atom is 0.246 e. The number of benzene rings is 2. The lowest BCUT2D eigenvalue weighted by atomic mass is 10.1. The van der Waals surface area contributed by atoms with Crippen molar-refractivity contribution in [2.75, 3.05) is 26.2 Å². The van der Waals surface area contributed by atoms with E-state index in [4.69, 9.17) is 5.26 Å². The van der Waals surface area contributed by atoms with E-state index < -0.39 is 10.0 Å². The van der Waals surface area contributed by atoms with E-state index in [0.717, 1.165) is 11.1 Å². The van der Waals surface area contributed by atoms with Crippen molar-refractivity contribution in [3.8, 4) is 6.07 Å². The molecule has 2 aromatic carbocycles. The van der Waals surface area contributed by atoms with E-state index in [1.807, 2.05) is 32.0 Å². The number of hydrogen-bond donors (Lipinski definition) is 0. The Hall–Kier alpha value is -2.95. The summed E-state index contributed by atoms with van der Waals surface area (Å²) >= 11 is 0. The van der Waals surface area contributed by atoms with E-state index in [2.05, 4.69) is 6.07 Å². The Bertz CT molecular complexity index is 1080. The maximum atomic E-state index is 12.8. The van der Waals surface area contributed by atoms with E-state index >= 15 is 0 Å². The number of sulfonamides is 1. The van der Waals surface area contributed by atoms with Gasteiger partial charge in [-0.25, -0.2) is 8.42 Å². The monoisotopic (exact) mass is 409 g/mol. The average molecular weight is 410 g/mol. The van der Waals surface area contributed by atoms with Gasteiger partial charge in [0.25, 0.3) is 0 Å². The van der Waals surface area contributed by atoms with Crippen LogP contribution in [0.2, 0.25) is 0 Å². The Morgan fingerprint density at radius 1 is 1.03 bits per heavy atom. The summed E-state index contributed by atoms with van der Waals surface area (Å²) in [6, 6.07) is 13.9. The van der Waals surface area contributed by atoms with Crippen LogP contribution in [0.25, 0.3) is 6.08 Å². The molecule has 1 aliphatic heterocycles. The Labute approximate surface area is 171 Å². The molecule has 0 N–H and O–H groups in total. The summed E-state index contributed by atoms with van der Waals surface area (Å²) in [5, 5.41) is 8.85. The van der Waals surface area contributed by atoms with Crippen LogP contribution in [0.4, 0.5) is 0 Å². The summed E-state index contributed by atoms with van der Waals surface area (Å²) in [6.07, 6.45) is 3.35. The van der Waals surface area contributed by atoms with Crippen molar-refractivity contribution in [1.82, 2.24) is 9.21 Å². The highest BCUT2D eigenvalue weighted by Crippen LogP contribution is 2.19. The standard InChI is InChI=1S/C22H23N3O3S/c1-17-3-6-20(18(2)15-17)7-10-22(26)24-11-13-25(14-12-24)29(27,28)21-8-4-19(16-23)5-9-21/h3-10,15H,11-14H2,1-2H3/b10-7+. The van der Waals surface area contributed by atoms with Crippen molar-refractivity contribution in [3.05, 3.63) is 70.8 Å². The van der Waals surface area contributed by atoms with Gasteiger partial charge >= 0.3 is 0 Å². The predicted octanol–water partition coefficient (Wildman–Crippen LogP) is 2.72. The molecule has 29 heavy (non-hydrogen) atoms. The first kappa shape index (κ1) is 20.8. The van der Waals surface area contributed by atoms with Gasteiger partial charge in [0.2, 0.25) is 15.9 Å². The van der Waals surface area contributed by atoms with Crippen LogP contribution in [-0.4, -0.2) is 49.7 Å².